The van der Waals surface area contributed by atoms with Gasteiger partial charge in [0, 0.05) is 36.0 Å². The minimum Gasteiger partial charge on any atom is -0.302 e. The number of benzene rings is 2. The standard InChI is InChI=1S/C19H17F2N5/c1-12-8-18(24-23-12)22-19-16-5-3-2-4-13(16)10-26(25-19)11-14-9-15(20)6-7-17(14)21/h2-9H,10-11H2,1H3,(H2,22,23,24,25). The highest BCUT2D eigenvalue weighted by Gasteiger charge is 2.22. The molecule has 2 heterocycles. The number of nitrogens with one attached hydrogen (secondary N) is 2. The normalized spacial score (nSPS) is 15.7. The van der Waals surface area contributed by atoms with Gasteiger partial charge in [-0.25, -0.2) is 18.8 Å². The molecule has 0 saturated carbocycles. The minimum absolute atomic E-state index is 0.205. The molecule has 0 fully saturated rings. The molecule has 3 aromatic rings. The van der Waals surface area contributed by atoms with Crippen molar-refractivity contribution in [2.24, 2.45) is 4.99 Å². The fourth-order valence-electron chi connectivity index (χ4n) is 2.97. The average Bonchev–Trinajstić information content (AvgIpc) is 3.03. The maximum absolute atomic E-state index is 14.0. The summed E-state index contributed by atoms with van der Waals surface area (Å²) in [6.07, 6.45) is 0. The molecule has 1 aromatic heterocycles. The molecule has 0 radical (unpaired) electrons. The van der Waals surface area contributed by atoms with E-state index in [1.54, 1.807) is 5.01 Å². The van der Waals surface area contributed by atoms with Gasteiger partial charge in [-0.2, -0.15) is 5.10 Å². The van der Waals surface area contributed by atoms with Gasteiger partial charge in [-0.1, -0.05) is 24.3 Å². The highest BCUT2D eigenvalue weighted by Crippen LogP contribution is 2.21. The van der Waals surface area contributed by atoms with Gasteiger partial charge in [0.1, 0.15) is 11.6 Å². The van der Waals surface area contributed by atoms with Crippen molar-refractivity contribution in [2.75, 3.05) is 0 Å². The first kappa shape index (κ1) is 16.4. The zero-order valence-corrected chi connectivity index (χ0v) is 14.1. The zero-order valence-electron chi connectivity index (χ0n) is 14.1. The number of aliphatic imine (C=N–C) groups is 1. The van der Waals surface area contributed by atoms with Gasteiger partial charge < -0.3 is 5.43 Å². The van der Waals surface area contributed by atoms with Crippen LogP contribution in [0.25, 0.3) is 0 Å². The van der Waals surface area contributed by atoms with Crippen LogP contribution in [0.1, 0.15) is 22.4 Å². The first-order valence-electron chi connectivity index (χ1n) is 8.23. The van der Waals surface area contributed by atoms with Crippen molar-refractivity contribution in [1.29, 1.82) is 0 Å². The van der Waals surface area contributed by atoms with Crippen molar-refractivity contribution >= 4 is 11.7 Å². The summed E-state index contributed by atoms with van der Waals surface area (Å²) >= 11 is 0. The smallest absolute Gasteiger partial charge is 0.175 e. The minimum atomic E-state index is -0.459. The molecule has 5 nitrogen and oxygen atoms in total. The van der Waals surface area contributed by atoms with Gasteiger partial charge >= 0.3 is 0 Å². The van der Waals surface area contributed by atoms with Crippen LogP contribution >= 0.6 is 0 Å². The number of aromatic nitrogens is 2. The number of rotatable bonds is 3. The van der Waals surface area contributed by atoms with E-state index in [9.17, 15) is 8.78 Å². The third kappa shape index (κ3) is 3.34. The number of aromatic amines is 1. The number of hydrogen-bond donors (Lipinski definition) is 2. The number of amidine groups is 1. The summed E-state index contributed by atoms with van der Waals surface area (Å²) in [5, 5.41) is 8.80. The van der Waals surface area contributed by atoms with Crippen molar-refractivity contribution in [2.45, 2.75) is 20.0 Å². The van der Waals surface area contributed by atoms with Gasteiger partial charge in [0.15, 0.2) is 11.7 Å². The maximum atomic E-state index is 14.0. The third-order valence-electron chi connectivity index (χ3n) is 4.19. The fraction of sp³-hybridized carbons (Fsp3) is 0.158. The van der Waals surface area contributed by atoms with Crippen molar-refractivity contribution in [3.05, 3.63) is 82.5 Å². The van der Waals surface area contributed by atoms with E-state index in [1.807, 2.05) is 37.3 Å². The summed E-state index contributed by atoms with van der Waals surface area (Å²) in [5.74, 6) is 0.280. The second kappa shape index (κ2) is 6.68. The van der Waals surface area contributed by atoms with Gasteiger partial charge in [-0.3, -0.25) is 5.10 Å². The fourth-order valence-corrected chi connectivity index (χ4v) is 2.97. The van der Waals surface area contributed by atoms with Crippen molar-refractivity contribution in [1.82, 2.24) is 20.6 Å². The lowest BCUT2D eigenvalue weighted by atomic mass is 10.0. The van der Waals surface area contributed by atoms with Gasteiger partial charge in [0.05, 0.1) is 0 Å². The van der Waals surface area contributed by atoms with E-state index in [0.29, 0.717) is 18.2 Å². The average molecular weight is 353 g/mol. The van der Waals surface area contributed by atoms with Crippen LogP contribution in [0.15, 0.2) is 53.5 Å². The summed E-state index contributed by atoms with van der Waals surface area (Å²) in [5.41, 5.74) is 6.41. The van der Waals surface area contributed by atoms with Crippen molar-refractivity contribution in [3.8, 4) is 0 Å². The van der Waals surface area contributed by atoms with Crippen LogP contribution in [0.4, 0.5) is 14.6 Å². The van der Waals surface area contributed by atoms with Crippen molar-refractivity contribution in [3.63, 3.8) is 0 Å². The summed E-state index contributed by atoms with van der Waals surface area (Å²) in [7, 11) is 0. The quantitative estimate of drug-likeness (QED) is 0.757. The SMILES string of the molecule is Cc1cc(N=C2NN(Cc3cc(F)ccc3F)Cc3ccccc32)n[nH]1. The maximum Gasteiger partial charge on any atom is 0.175 e. The Balaban J connectivity index is 1.67. The lowest BCUT2D eigenvalue weighted by Crippen LogP contribution is -2.46. The van der Waals surface area contributed by atoms with Crippen LogP contribution in [0.3, 0.4) is 0 Å². The molecular weight excluding hydrogens is 336 g/mol. The van der Waals surface area contributed by atoms with Crippen LogP contribution in [-0.4, -0.2) is 21.0 Å². The van der Waals surface area contributed by atoms with Crippen LogP contribution in [0.2, 0.25) is 0 Å². The zero-order chi connectivity index (χ0) is 18.1. The molecule has 0 unspecified atom stereocenters. The number of aryl methyl sites for hydroxylation is 1. The second-order valence-corrected chi connectivity index (χ2v) is 6.23. The molecule has 0 bridgehead atoms. The number of halogens is 2. The first-order valence-corrected chi connectivity index (χ1v) is 8.23. The number of hydrogen-bond acceptors (Lipinski definition) is 3. The van der Waals surface area contributed by atoms with Crippen molar-refractivity contribution < 1.29 is 8.78 Å². The van der Waals surface area contributed by atoms with E-state index in [0.717, 1.165) is 29.0 Å². The van der Waals surface area contributed by atoms with Gasteiger partial charge in [0.2, 0.25) is 0 Å². The Morgan fingerprint density at radius 2 is 2.00 bits per heavy atom. The summed E-state index contributed by atoms with van der Waals surface area (Å²) in [6, 6.07) is 13.2. The van der Waals surface area contributed by atoms with E-state index in [1.165, 1.54) is 6.07 Å². The summed E-state index contributed by atoms with van der Waals surface area (Å²) < 4.78 is 27.5. The molecule has 0 atom stereocenters. The summed E-state index contributed by atoms with van der Waals surface area (Å²) in [4.78, 5) is 4.57. The molecule has 132 valence electrons. The third-order valence-corrected chi connectivity index (χ3v) is 4.19. The molecule has 1 aliphatic heterocycles. The molecule has 0 spiro atoms. The number of H-pyrrole nitrogens is 1. The van der Waals surface area contributed by atoms with Crippen LogP contribution in [0.5, 0.6) is 0 Å². The van der Waals surface area contributed by atoms with Crippen LogP contribution < -0.4 is 5.43 Å². The molecule has 26 heavy (non-hydrogen) atoms. The Kier molecular flexibility index (Phi) is 4.22. The van der Waals surface area contributed by atoms with Crippen LogP contribution in [-0.2, 0) is 13.1 Å². The lowest BCUT2D eigenvalue weighted by molar-refractivity contribution is 0.206. The monoisotopic (exact) mass is 353 g/mol. The molecule has 2 aromatic carbocycles. The molecular formula is C19H17F2N5. The first-order chi connectivity index (χ1) is 12.6. The largest absolute Gasteiger partial charge is 0.302 e. The molecule has 4 rings (SSSR count). The Morgan fingerprint density at radius 3 is 2.81 bits per heavy atom. The molecule has 0 saturated heterocycles. The van der Waals surface area contributed by atoms with E-state index in [-0.39, 0.29) is 12.1 Å². The Hall–Kier alpha value is -3.06. The van der Waals surface area contributed by atoms with E-state index in [2.05, 4.69) is 20.6 Å². The highest BCUT2D eigenvalue weighted by molar-refractivity contribution is 6.01. The molecule has 0 amide bonds. The van der Waals surface area contributed by atoms with E-state index < -0.39 is 11.6 Å². The van der Waals surface area contributed by atoms with Gasteiger partial charge in [-0.15, -0.1) is 0 Å². The Morgan fingerprint density at radius 1 is 1.15 bits per heavy atom. The molecule has 2 N–H and O–H groups in total. The molecule has 0 aliphatic carbocycles. The Labute approximate surface area is 149 Å². The number of nitrogens with zero attached hydrogens (tertiary/aromatic N) is 3. The second-order valence-electron chi connectivity index (χ2n) is 6.23. The summed E-state index contributed by atoms with van der Waals surface area (Å²) in [6.45, 7) is 2.65. The van der Waals surface area contributed by atoms with Gasteiger partial charge in [-0.05, 0) is 30.7 Å². The number of hydrazine groups is 1. The number of fused-ring (bicyclic) bond motifs is 1. The van der Waals surface area contributed by atoms with E-state index >= 15 is 0 Å². The molecule has 1 aliphatic rings. The Bertz CT molecular complexity index is 980. The van der Waals surface area contributed by atoms with E-state index in [4.69, 9.17) is 0 Å². The predicted octanol–water partition coefficient (Wildman–Crippen LogP) is 3.60. The van der Waals surface area contributed by atoms with Gasteiger partial charge in [0.25, 0.3) is 0 Å². The lowest BCUT2D eigenvalue weighted by Gasteiger charge is -2.31. The topological polar surface area (TPSA) is 56.3 Å². The predicted molar refractivity (Wildman–Crippen MR) is 94.7 cm³/mol. The van der Waals surface area contributed by atoms with Crippen LogP contribution in [0, 0.1) is 18.6 Å². The highest BCUT2D eigenvalue weighted by atomic mass is 19.1. The molecule has 7 heteroatoms.